The molecular formula is C15H18N2O3. The lowest BCUT2D eigenvalue weighted by molar-refractivity contribution is -0.138. The molecule has 5 nitrogen and oxygen atoms in total. The topological polar surface area (TPSA) is 71.3 Å². The van der Waals surface area contributed by atoms with Gasteiger partial charge in [0.15, 0.2) is 0 Å². The van der Waals surface area contributed by atoms with Gasteiger partial charge in [-0.05, 0) is 24.4 Å². The van der Waals surface area contributed by atoms with Gasteiger partial charge in [-0.25, -0.2) is 0 Å². The van der Waals surface area contributed by atoms with E-state index in [0.717, 1.165) is 23.1 Å². The lowest BCUT2D eigenvalue weighted by Crippen LogP contribution is -2.24. The highest BCUT2D eigenvalue weighted by Crippen LogP contribution is 2.19. The molecule has 0 spiro atoms. The number of hydrogen-bond acceptors (Lipinski definition) is 2. The van der Waals surface area contributed by atoms with E-state index < -0.39 is 5.97 Å². The number of aliphatic carboxylic acids is 1. The number of para-hydroxylation sites is 1. The van der Waals surface area contributed by atoms with Crippen LogP contribution in [0.1, 0.15) is 25.5 Å². The van der Waals surface area contributed by atoms with Gasteiger partial charge in [-0.1, -0.05) is 18.2 Å². The van der Waals surface area contributed by atoms with Crippen molar-refractivity contribution in [3.63, 3.8) is 0 Å². The van der Waals surface area contributed by atoms with Gasteiger partial charge in [0, 0.05) is 24.2 Å². The molecule has 2 rings (SSSR count). The standard InChI is InChI=1S/C15H18N2O3/c1-2-17-12(9-11-5-3-4-6-13(11)17)10-16-14(18)7-8-15(19)20/h3-6,9H,2,7-8,10H2,1H3,(H,16,18)(H,19,20). The average molecular weight is 274 g/mol. The van der Waals surface area contributed by atoms with Crippen LogP contribution < -0.4 is 5.32 Å². The predicted molar refractivity (Wildman–Crippen MR) is 76.3 cm³/mol. The molecule has 0 aliphatic rings. The number of nitrogens with one attached hydrogen (secondary N) is 1. The Morgan fingerprint density at radius 2 is 2.00 bits per heavy atom. The number of amides is 1. The molecule has 0 radical (unpaired) electrons. The Kier molecular flexibility index (Phi) is 4.40. The molecule has 0 aliphatic carbocycles. The van der Waals surface area contributed by atoms with Gasteiger partial charge < -0.3 is 15.0 Å². The van der Waals surface area contributed by atoms with Crippen molar-refractivity contribution in [3.8, 4) is 0 Å². The number of aromatic nitrogens is 1. The van der Waals surface area contributed by atoms with Gasteiger partial charge in [0.25, 0.3) is 0 Å². The van der Waals surface area contributed by atoms with Crippen LogP contribution in [-0.4, -0.2) is 21.6 Å². The van der Waals surface area contributed by atoms with Crippen molar-refractivity contribution >= 4 is 22.8 Å². The number of benzene rings is 1. The maximum atomic E-state index is 11.6. The number of carbonyl (C=O) groups is 2. The van der Waals surface area contributed by atoms with E-state index in [1.165, 1.54) is 0 Å². The van der Waals surface area contributed by atoms with Crippen LogP contribution >= 0.6 is 0 Å². The Morgan fingerprint density at radius 1 is 1.25 bits per heavy atom. The van der Waals surface area contributed by atoms with Gasteiger partial charge >= 0.3 is 5.97 Å². The lowest BCUT2D eigenvalue weighted by Gasteiger charge is -2.09. The van der Waals surface area contributed by atoms with E-state index in [0.29, 0.717) is 6.54 Å². The number of carbonyl (C=O) groups excluding carboxylic acids is 1. The number of rotatable bonds is 6. The van der Waals surface area contributed by atoms with Crippen LogP contribution in [0.25, 0.3) is 10.9 Å². The first-order chi connectivity index (χ1) is 9.61. The molecule has 5 heteroatoms. The van der Waals surface area contributed by atoms with Crippen molar-refractivity contribution in [3.05, 3.63) is 36.0 Å². The summed E-state index contributed by atoms with van der Waals surface area (Å²) in [4.78, 5) is 22.0. The highest BCUT2D eigenvalue weighted by atomic mass is 16.4. The van der Waals surface area contributed by atoms with Crippen LogP contribution in [-0.2, 0) is 22.7 Å². The molecule has 1 aromatic heterocycles. The number of aryl methyl sites for hydroxylation is 1. The zero-order valence-electron chi connectivity index (χ0n) is 11.4. The quantitative estimate of drug-likeness (QED) is 0.847. The molecule has 1 aromatic carbocycles. The summed E-state index contributed by atoms with van der Waals surface area (Å²) in [7, 11) is 0. The first kappa shape index (κ1) is 14.1. The number of carboxylic acid groups (broad SMARTS) is 1. The van der Waals surface area contributed by atoms with Crippen LogP contribution in [0.2, 0.25) is 0 Å². The largest absolute Gasteiger partial charge is 0.481 e. The van der Waals surface area contributed by atoms with Gasteiger partial charge in [0.1, 0.15) is 0 Å². The van der Waals surface area contributed by atoms with Crippen LogP contribution in [0.3, 0.4) is 0 Å². The molecule has 0 unspecified atom stereocenters. The Hall–Kier alpha value is -2.30. The van der Waals surface area contributed by atoms with E-state index in [-0.39, 0.29) is 18.7 Å². The highest BCUT2D eigenvalue weighted by molar-refractivity contribution is 5.82. The first-order valence-corrected chi connectivity index (χ1v) is 6.67. The van der Waals surface area contributed by atoms with Crippen molar-refractivity contribution in [1.82, 2.24) is 9.88 Å². The van der Waals surface area contributed by atoms with Crippen LogP contribution in [0, 0.1) is 0 Å². The summed E-state index contributed by atoms with van der Waals surface area (Å²) < 4.78 is 2.15. The summed E-state index contributed by atoms with van der Waals surface area (Å²) in [6.07, 6.45) is -0.121. The number of carboxylic acids is 1. The molecule has 106 valence electrons. The summed E-state index contributed by atoms with van der Waals surface area (Å²) >= 11 is 0. The number of fused-ring (bicyclic) bond motifs is 1. The van der Waals surface area contributed by atoms with E-state index in [2.05, 4.69) is 28.9 Å². The fraction of sp³-hybridized carbons (Fsp3) is 0.333. The molecule has 1 amide bonds. The maximum Gasteiger partial charge on any atom is 0.303 e. The van der Waals surface area contributed by atoms with E-state index in [1.807, 2.05) is 18.2 Å². The second-order valence-corrected chi connectivity index (χ2v) is 4.61. The molecule has 0 fully saturated rings. The molecule has 0 bridgehead atoms. The minimum atomic E-state index is -0.956. The van der Waals surface area contributed by atoms with E-state index >= 15 is 0 Å². The zero-order valence-corrected chi connectivity index (χ0v) is 11.4. The second-order valence-electron chi connectivity index (χ2n) is 4.61. The molecule has 20 heavy (non-hydrogen) atoms. The third kappa shape index (κ3) is 3.17. The molecule has 2 aromatic rings. The Labute approximate surface area is 117 Å². The lowest BCUT2D eigenvalue weighted by atomic mass is 10.2. The van der Waals surface area contributed by atoms with E-state index in [9.17, 15) is 9.59 Å². The third-order valence-electron chi connectivity index (χ3n) is 3.25. The molecular weight excluding hydrogens is 256 g/mol. The van der Waals surface area contributed by atoms with Crippen LogP contribution in [0.4, 0.5) is 0 Å². The van der Waals surface area contributed by atoms with Gasteiger partial charge in [-0.15, -0.1) is 0 Å². The maximum absolute atomic E-state index is 11.6. The molecule has 0 saturated carbocycles. The normalized spacial score (nSPS) is 10.7. The summed E-state index contributed by atoms with van der Waals surface area (Å²) in [6, 6.07) is 10.1. The Bertz CT molecular complexity index is 631. The summed E-state index contributed by atoms with van der Waals surface area (Å²) in [5.41, 5.74) is 2.17. The van der Waals surface area contributed by atoms with Crippen LogP contribution in [0.15, 0.2) is 30.3 Å². The minimum Gasteiger partial charge on any atom is -0.481 e. The van der Waals surface area contributed by atoms with E-state index in [1.54, 1.807) is 0 Å². The molecule has 1 heterocycles. The molecule has 0 aliphatic heterocycles. The van der Waals surface area contributed by atoms with Gasteiger partial charge in [0.2, 0.25) is 5.91 Å². The summed E-state index contributed by atoms with van der Waals surface area (Å²) in [5, 5.41) is 12.5. The number of nitrogens with zero attached hydrogens (tertiary/aromatic N) is 1. The van der Waals surface area contributed by atoms with Crippen molar-refractivity contribution in [2.75, 3.05) is 0 Å². The predicted octanol–water partition coefficient (Wildman–Crippen LogP) is 2.14. The fourth-order valence-corrected chi connectivity index (χ4v) is 2.29. The Balaban J connectivity index is 2.06. The average Bonchev–Trinajstić information content (AvgIpc) is 2.80. The highest BCUT2D eigenvalue weighted by Gasteiger charge is 2.09. The zero-order chi connectivity index (χ0) is 14.5. The second kappa shape index (κ2) is 6.23. The molecule has 2 N–H and O–H groups in total. The number of hydrogen-bond donors (Lipinski definition) is 2. The van der Waals surface area contributed by atoms with Gasteiger partial charge in [0.05, 0.1) is 13.0 Å². The smallest absolute Gasteiger partial charge is 0.303 e. The SMILES string of the molecule is CCn1c(CNC(=O)CCC(=O)O)cc2ccccc21. The summed E-state index contributed by atoms with van der Waals surface area (Å²) in [6.45, 7) is 3.30. The summed E-state index contributed by atoms with van der Waals surface area (Å²) in [5.74, 6) is -1.19. The monoisotopic (exact) mass is 274 g/mol. The first-order valence-electron chi connectivity index (χ1n) is 6.67. The third-order valence-corrected chi connectivity index (χ3v) is 3.25. The van der Waals surface area contributed by atoms with Crippen molar-refractivity contribution < 1.29 is 14.7 Å². The molecule has 0 saturated heterocycles. The minimum absolute atomic E-state index is 0.0156. The van der Waals surface area contributed by atoms with Gasteiger partial charge in [-0.2, -0.15) is 0 Å². The molecule has 0 atom stereocenters. The van der Waals surface area contributed by atoms with E-state index in [4.69, 9.17) is 5.11 Å². The van der Waals surface area contributed by atoms with Crippen molar-refractivity contribution in [2.45, 2.75) is 32.9 Å². The van der Waals surface area contributed by atoms with Crippen molar-refractivity contribution in [1.29, 1.82) is 0 Å². The fourth-order valence-electron chi connectivity index (χ4n) is 2.29. The van der Waals surface area contributed by atoms with Gasteiger partial charge in [-0.3, -0.25) is 9.59 Å². The van der Waals surface area contributed by atoms with Crippen LogP contribution in [0.5, 0.6) is 0 Å². The van der Waals surface area contributed by atoms with Crippen molar-refractivity contribution in [2.24, 2.45) is 0 Å². The Morgan fingerprint density at radius 3 is 2.70 bits per heavy atom.